The van der Waals surface area contributed by atoms with Crippen LogP contribution in [-0.2, 0) is 0 Å². The molecular weight excluding hydrogens is 510 g/mol. The maximum absolute atomic E-state index is 13.5. The third-order valence-corrected chi connectivity index (χ3v) is 10.5. The molecule has 0 bridgehead atoms. The van der Waals surface area contributed by atoms with E-state index in [4.69, 9.17) is 0 Å². The second-order valence-corrected chi connectivity index (χ2v) is 15.9. The van der Waals surface area contributed by atoms with Gasteiger partial charge in [0.25, 0.3) is 0 Å². The van der Waals surface area contributed by atoms with E-state index in [0.717, 1.165) is 38.8 Å². The molecule has 0 saturated carbocycles. The Bertz CT molecular complexity index is 776. The van der Waals surface area contributed by atoms with Gasteiger partial charge in [-0.15, -0.1) is 0 Å². The summed E-state index contributed by atoms with van der Waals surface area (Å²) in [6.07, 6.45) is 13.8. The highest BCUT2D eigenvalue weighted by Gasteiger charge is 2.50. The summed E-state index contributed by atoms with van der Waals surface area (Å²) >= 11 is 0. The van der Waals surface area contributed by atoms with E-state index < -0.39 is 0 Å². The van der Waals surface area contributed by atoms with Crippen molar-refractivity contribution in [3.63, 3.8) is 0 Å². The Hall–Kier alpha value is -1.34. The van der Waals surface area contributed by atoms with Crippen molar-refractivity contribution in [2.24, 2.45) is 0 Å². The van der Waals surface area contributed by atoms with Crippen molar-refractivity contribution in [1.29, 1.82) is 0 Å². The fourth-order valence-corrected chi connectivity index (χ4v) is 8.93. The van der Waals surface area contributed by atoms with Crippen LogP contribution in [-0.4, -0.2) is 92.1 Å². The summed E-state index contributed by atoms with van der Waals surface area (Å²) in [5.41, 5.74) is -0.0281. The molecule has 3 fully saturated rings. The number of imide groups is 1. The van der Waals surface area contributed by atoms with Gasteiger partial charge in [0.05, 0.1) is 0 Å². The summed E-state index contributed by atoms with van der Waals surface area (Å²) in [6.45, 7) is 26.7. The third kappa shape index (κ3) is 8.19. The molecule has 0 aromatic rings. The predicted molar refractivity (Wildman–Crippen MR) is 171 cm³/mol. The molecule has 3 heterocycles. The van der Waals surface area contributed by atoms with Gasteiger partial charge in [-0.05, 0) is 107 Å². The molecule has 3 rings (SSSR count). The van der Waals surface area contributed by atoms with Crippen LogP contribution in [0.25, 0.3) is 0 Å². The molecule has 41 heavy (non-hydrogen) atoms. The topological polar surface area (TPSA) is 59.1 Å². The number of unbranched alkanes of at least 4 members (excludes halogenated alkanes) is 6. The van der Waals surface area contributed by atoms with Gasteiger partial charge in [-0.1, -0.05) is 52.4 Å². The molecule has 0 unspecified atom stereocenters. The molecule has 7 heteroatoms. The minimum atomic E-state index is -0.211. The van der Waals surface area contributed by atoms with Crippen LogP contribution in [0.3, 0.4) is 0 Å². The van der Waals surface area contributed by atoms with Crippen LogP contribution in [0.15, 0.2) is 0 Å². The zero-order valence-corrected chi connectivity index (χ0v) is 28.6. The Kier molecular flexibility index (Phi) is 11.3. The smallest absolute Gasteiger partial charge is 0.320 e. The van der Waals surface area contributed by atoms with Gasteiger partial charge in [0.1, 0.15) is 0 Å². The lowest BCUT2D eigenvalue weighted by Gasteiger charge is -2.57. The Balaban J connectivity index is 1.70. The van der Waals surface area contributed by atoms with Crippen LogP contribution in [0.5, 0.6) is 0 Å². The Labute approximate surface area is 253 Å². The lowest BCUT2D eigenvalue weighted by atomic mass is 9.76. The highest BCUT2D eigenvalue weighted by atomic mass is 16.2. The molecule has 0 aromatic heterocycles. The van der Waals surface area contributed by atoms with Gasteiger partial charge in [0, 0.05) is 47.3 Å². The lowest BCUT2D eigenvalue weighted by molar-refractivity contribution is -0.0635. The van der Waals surface area contributed by atoms with E-state index in [1.807, 2.05) is 9.80 Å². The molecule has 0 spiro atoms. The fraction of sp³-hybridized carbons (Fsp3) is 0.941. The molecule has 3 saturated heterocycles. The van der Waals surface area contributed by atoms with Gasteiger partial charge in [0.2, 0.25) is 0 Å². The van der Waals surface area contributed by atoms with Crippen molar-refractivity contribution in [3.8, 4) is 0 Å². The molecule has 0 radical (unpaired) electrons. The van der Waals surface area contributed by atoms with E-state index in [2.05, 4.69) is 84.4 Å². The van der Waals surface area contributed by atoms with E-state index in [0.29, 0.717) is 13.1 Å². The summed E-state index contributed by atoms with van der Waals surface area (Å²) in [7, 11) is 0. The van der Waals surface area contributed by atoms with Gasteiger partial charge < -0.3 is 9.80 Å². The van der Waals surface area contributed by atoms with Crippen LogP contribution >= 0.6 is 0 Å². The number of likely N-dealkylation sites (tertiary alicyclic amines) is 2. The number of piperidine rings is 2. The maximum atomic E-state index is 13.5. The van der Waals surface area contributed by atoms with E-state index in [1.54, 1.807) is 0 Å². The number of urea groups is 2. The van der Waals surface area contributed by atoms with E-state index in [-0.39, 0.29) is 46.3 Å². The number of nitrogens with one attached hydrogen (secondary N) is 1. The standard InChI is InChI=1S/C34H65N5O2/c1-11-13-15-17-19-38-31(3,4)23-27(24-32(38,5)6)36-21-22-37(30(41)35-29(36)40)28-25-33(7,8)39(34(9,10)26-28)20-18-16-14-12-2/h27-28H,11-26H2,1-10H3,(H,35,40,41). The summed E-state index contributed by atoms with van der Waals surface area (Å²) in [5.74, 6) is 0. The molecule has 1 N–H and O–H groups in total. The first-order valence-corrected chi connectivity index (χ1v) is 17.0. The first-order chi connectivity index (χ1) is 19.1. The average Bonchev–Trinajstić information content (AvgIpc) is 2.97. The number of hydrogen-bond acceptors (Lipinski definition) is 4. The number of carbonyl (C=O) groups excluding carboxylic acids is 2. The van der Waals surface area contributed by atoms with Crippen molar-refractivity contribution in [2.75, 3.05) is 26.2 Å². The van der Waals surface area contributed by atoms with Gasteiger partial charge in [-0.3, -0.25) is 15.1 Å². The van der Waals surface area contributed by atoms with Crippen molar-refractivity contribution in [1.82, 2.24) is 24.9 Å². The Morgan fingerprint density at radius 1 is 0.561 bits per heavy atom. The first-order valence-electron chi connectivity index (χ1n) is 17.0. The molecule has 4 amide bonds. The SMILES string of the molecule is CCCCCCN1C(C)(C)CC(N2CCN(C3CC(C)(C)N(CCCCCC)C(C)(C)C3)C(=O)NC2=O)CC1(C)C. The molecule has 0 aromatic carbocycles. The summed E-state index contributed by atoms with van der Waals surface area (Å²) in [4.78, 5) is 36.4. The molecule has 3 aliphatic rings. The van der Waals surface area contributed by atoms with E-state index in [9.17, 15) is 9.59 Å². The number of amides is 4. The first kappa shape index (κ1) is 34.2. The predicted octanol–water partition coefficient (Wildman–Crippen LogP) is 7.64. The molecule has 7 nitrogen and oxygen atoms in total. The minimum absolute atomic E-state index is 0.00703. The number of hydrogen-bond donors (Lipinski definition) is 1. The quantitative estimate of drug-likeness (QED) is 0.243. The van der Waals surface area contributed by atoms with E-state index in [1.165, 1.54) is 51.4 Å². The van der Waals surface area contributed by atoms with Crippen LogP contribution in [0.1, 0.15) is 146 Å². The lowest BCUT2D eigenvalue weighted by Crippen LogP contribution is -2.65. The Morgan fingerprint density at radius 2 is 0.878 bits per heavy atom. The fourth-order valence-electron chi connectivity index (χ4n) is 8.93. The van der Waals surface area contributed by atoms with Crippen LogP contribution < -0.4 is 5.32 Å². The zero-order chi connectivity index (χ0) is 30.6. The molecular formula is C34H65N5O2. The average molecular weight is 576 g/mol. The highest BCUT2D eigenvalue weighted by Crippen LogP contribution is 2.42. The van der Waals surface area contributed by atoms with Crippen molar-refractivity contribution in [2.45, 2.75) is 181 Å². The maximum Gasteiger partial charge on any atom is 0.325 e. The molecule has 0 aliphatic carbocycles. The van der Waals surface area contributed by atoms with Crippen LogP contribution in [0.2, 0.25) is 0 Å². The third-order valence-electron chi connectivity index (χ3n) is 10.5. The minimum Gasteiger partial charge on any atom is -0.320 e. The van der Waals surface area contributed by atoms with Gasteiger partial charge in [-0.2, -0.15) is 0 Å². The van der Waals surface area contributed by atoms with Crippen LogP contribution in [0, 0.1) is 0 Å². The molecule has 238 valence electrons. The van der Waals surface area contributed by atoms with Gasteiger partial charge >= 0.3 is 12.1 Å². The number of carbonyl (C=O) groups is 2. The van der Waals surface area contributed by atoms with E-state index >= 15 is 0 Å². The summed E-state index contributed by atoms with van der Waals surface area (Å²) in [6, 6.07) is -0.176. The molecule has 0 atom stereocenters. The van der Waals surface area contributed by atoms with Crippen molar-refractivity contribution < 1.29 is 9.59 Å². The Morgan fingerprint density at radius 3 is 1.17 bits per heavy atom. The monoisotopic (exact) mass is 576 g/mol. The van der Waals surface area contributed by atoms with Crippen molar-refractivity contribution in [3.05, 3.63) is 0 Å². The summed E-state index contributed by atoms with van der Waals surface area (Å²) < 4.78 is 0. The van der Waals surface area contributed by atoms with Crippen molar-refractivity contribution >= 4 is 12.1 Å². The largest absolute Gasteiger partial charge is 0.325 e. The second-order valence-electron chi connectivity index (χ2n) is 15.9. The molecule has 3 aliphatic heterocycles. The second kappa shape index (κ2) is 13.5. The zero-order valence-electron chi connectivity index (χ0n) is 28.6. The highest BCUT2D eigenvalue weighted by molar-refractivity contribution is 5.94. The van der Waals surface area contributed by atoms with Crippen LogP contribution in [0.4, 0.5) is 9.59 Å². The summed E-state index contributed by atoms with van der Waals surface area (Å²) in [5, 5.41) is 2.81. The van der Waals surface area contributed by atoms with Gasteiger partial charge in [-0.25, -0.2) is 9.59 Å². The normalized spacial score (nSPS) is 25.8. The number of rotatable bonds is 12. The van der Waals surface area contributed by atoms with Gasteiger partial charge in [0.15, 0.2) is 0 Å². The number of nitrogens with zero attached hydrogens (tertiary/aromatic N) is 4.